The summed E-state index contributed by atoms with van der Waals surface area (Å²) in [6.07, 6.45) is -3.77. The lowest BCUT2D eigenvalue weighted by Crippen LogP contribution is -2.44. The number of aliphatic hydroxyl groups is 2. The Morgan fingerprint density at radius 1 is 1.70 bits per heavy atom. The molecule has 0 spiro atoms. The number of aliphatic hydroxyl groups excluding tert-OH is 1. The molecule has 1 unspecified atom stereocenters. The van der Waals surface area contributed by atoms with E-state index in [0.717, 1.165) is 16.8 Å². The van der Waals surface area contributed by atoms with Gasteiger partial charge in [-0.1, -0.05) is 17.5 Å². The van der Waals surface area contributed by atoms with Gasteiger partial charge in [-0.15, -0.1) is 5.92 Å². The average Bonchev–Trinajstić information content (AvgIpc) is 2.63. The van der Waals surface area contributed by atoms with E-state index in [4.69, 9.17) is 19.1 Å². The SMILES string of the molecule is [2H]C([2H])(O)[C@H]1O[C@@H](n2ccc(=O)[nH]c2=O)C(Cl)(C#CC)[C@H]1O. The Hall–Kier alpha value is -1.59. The third-order valence-corrected chi connectivity index (χ3v) is 3.40. The zero-order chi connectivity index (χ0) is 16.7. The average molecular weight is 303 g/mol. The zero-order valence-corrected chi connectivity index (χ0v) is 11.1. The van der Waals surface area contributed by atoms with Crippen molar-refractivity contribution in [2.75, 3.05) is 6.56 Å². The second kappa shape index (κ2) is 5.42. The predicted octanol–water partition coefficient (Wildman–Crippen LogP) is -1.21. The smallest absolute Gasteiger partial charge is 0.330 e. The topological polar surface area (TPSA) is 105 Å². The van der Waals surface area contributed by atoms with Gasteiger partial charge in [0.25, 0.3) is 5.56 Å². The third kappa shape index (κ3) is 2.27. The molecule has 3 N–H and O–H groups in total. The Bertz CT molecular complexity index is 747. The fourth-order valence-corrected chi connectivity index (χ4v) is 2.35. The highest BCUT2D eigenvalue weighted by molar-refractivity contribution is 6.27. The summed E-state index contributed by atoms with van der Waals surface area (Å²) < 4.78 is 20.7. The van der Waals surface area contributed by atoms with Crippen molar-refractivity contribution >= 4 is 11.6 Å². The van der Waals surface area contributed by atoms with Gasteiger partial charge >= 0.3 is 5.69 Å². The summed E-state index contributed by atoms with van der Waals surface area (Å²) in [5.41, 5.74) is -1.51. The van der Waals surface area contributed by atoms with Crippen LogP contribution in [0.2, 0.25) is 0 Å². The molecule has 1 fully saturated rings. The first-order valence-electron chi connectivity index (χ1n) is 6.61. The van der Waals surface area contributed by atoms with Crippen LogP contribution in [0.15, 0.2) is 21.9 Å². The number of H-pyrrole nitrogens is 1. The van der Waals surface area contributed by atoms with Crippen molar-refractivity contribution in [1.82, 2.24) is 9.55 Å². The molecule has 2 heterocycles. The molecule has 4 atom stereocenters. The number of halogens is 1. The van der Waals surface area contributed by atoms with Gasteiger partial charge in [0.2, 0.25) is 0 Å². The molecule has 7 nitrogen and oxygen atoms in total. The van der Waals surface area contributed by atoms with E-state index in [1.807, 2.05) is 4.98 Å². The summed E-state index contributed by atoms with van der Waals surface area (Å²) in [5, 5.41) is 19.7. The quantitative estimate of drug-likeness (QED) is 0.470. The van der Waals surface area contributed by atoms with E-state index >= 15 is 0 Å². The number of nitrogens with zero attached hydrogens (tertiary/aromatic N) is 1. The standard InChI is InChI=1S/C12H13ClN2O5/c1-2-4-12(13)9(18)7(6-16)20-10(12)15-5-3-8(17)14-11(15)19/h3,5,7,9-10,16,18H,6H2,1H3,(H,14,17,19)/t7-,9+,10-,12?/m1/s1/i6D2. The summed E-state index contributed by atoms with van der Waals surface area (Å²) in [4.78, 5) is 23.1. The summed E-state index contributed by atoms with van der Waals surface area (Å²) in [6, 6.07) is 1.04. The molecular weight excluding hydrogens is 288 g/mol. The summed E-state index contributed by atoms with van der Waals surface area (Å²) >= 11 is 6.26. The first-order chi connectivity index (χ1) is 10.1. The molecule has 0 aliphatic carbocycles. The van der Waals surface area contributed by atoms with E-state index < -0.39 is 41.1 Å². The highest BCUT2D eigenvalue weighted by Gasteiger charge is 2.55. The third-order valence-electron chi connectivity index (χ3n) is 2.90. The molecule has 0 amide bonds. The first kappa shape index (κ1) is 12.2. The van der Waals surface area contributed by atoms with Crippen LogP contribution in [0.3, 0.4) is 0 Å². The van der Waals surface area contributed by atoms with Gasteiger partial charge in [-0.3, -0.25) is 14.3 Å². The van der Waals surface area contributed by atoms with Crippen LogP contribution in [0.4, 0.5) is 0 Å². The van der Waals surface area contributed by atoms with E-state index in [2.05, 4.69) is 11.8 Å². The van der Waals surface area contributed by atoms with Crippen LogP contribution in [-0.4, -0.2) is 43.4 Å². The highest BCUT2D eigenvalue weighted by Crippen LogP contribution is 2.42. The van der Waals surface area contributed by atoms with Crippen LogP contribution in [-0.2, 0) is 4.74 Å². The molecule has 0 saturated carbocycles. The molecule has 1 saturated heterocycles. The largest absolute Gasteiger partial charge is 0.394 e. The molecule has 8 heteroatoms. The number of ether oxygens (including phenoxy) is 1. The van der Waals surface area contributed by atoms with Crippen molar-refractivity contribution in [2.24, 2.45) is 0 Å². The first-order valence-corrected chi connectivity index (χ1v) is 5.99. The second-order valence-electron chi connectivity index (χ2n) is 4.14. The molecule has 1 aliphatic heterocycles. The number of rotatable bonds is 2. The van der Waals surface area contributed by atoms with Crippen molar-refractivity contribution in [2.45, 2.75) is 30.2 Å². The summed E-state index contributed by atoms with van der Waals surface area (Å²) in [7, 11) is 0. The van der Waals surface area contributed by atoms with Crippen LogP contribution in [0.5, 0.6) is 0 Å². The Morgan fingerprint density at radius 2 is 2.40 bits per heavy atom. The van der Waals surface area contributed by atoms with E-state index in [1.54, 1.807) is 0 Å². The number of aromatic amines is 1. The lowest BCUT2D eigenvalue weighted by atomic mass is 9.99. The van der Waals surface area contributed by atoms with Gasteiger partial charge in [0.05, 0.1) is 9.30 Å². The van der Waals surface area contributed by atoms with E-state index in [0.29, 0.717) is 0 Å². The Balaban J connectivity index is 2.59. The van der Waals surface area contributed by atoms with Gasteiger partial charge in [-0.2, -0.15) is 0 Å². The minimum absolute atomic E-state index is 0.643. The number of aromatic nitrogens is 2. The van der Waals surface area contributed by atoms with E-state index in [1.165, 1.54) is 6.92 Å². The van der Waals surface area contributed by atoms with Crippen molar-refractivity contribution in [1.29, 1.82) is 0 Å². The summed E-state index contributed by atoms with van der Waals surface area (Å²) in [6.45, 7) is -1.47. The minimum Gasteiger partial charge on any atom is -0.394 e. The van der Waals surface area contributed by atoms with Crippen LogP contribution in [0, 0.1) is 11.8 Å². The molecule has 108 valence electrons. The lowest BCUT2D eigenvalue weighted by Gasteiger charge is -2.25. The Labute approximate surface area is 121 Å². The van der Waals surface area contributed by atoms with Gasteiger partial charge in [-0.25, -0.2) is 4.79 Å². The molecule has 0 aromatic carbocycles. The van der Waals surface area contributed by atoms with Crippen molar-refractivity contribution in [3.8, 4) is 11.8 Å². The normalized spacial score (nSPS) is 34.9. The van der Waals surface area contributed by atoms with Crippen LogP contribution in [0.1, 0.15) is 15.9 Å². The highest BCUT2D eigenvalue weighted by atomic mass is 35.5. The van der Waals surface area contributed by atoms with Gasteiger partial charge in [-0.05, 0) is 6.92 Å². The van der Waals surface area contributed by atoms with Gasteiger partial charge in [0.1, 0.15) is 12.2 Å². The van der Waals surface area contributed by atoms with Crippen LogP contribution >= 0.6 is 11.6 Å². The number of hydrogen-bond acceptors (Lipinski definition) is 5. The molecule has 0 radical (unpaired) electrons. The van der Waals surface area contributed by atoms with E-state index in [9.17, 15) is 19.8 Å². The van der Waals surface area contributed by atoms with Gasteiger partial charge in [0.15, 0.2) is 11.1 Å². The maximum absolute atomic E-state index is 11.9. The maximum Gasteiger partial charge on any atom is 0.330 e. The minimum atomic E-state index is -2.91. The van der Waals surface area contributed by atoms with Gasteiger partial charge in [0, 0.05) is 12.3 Å². The monoisotopic (exact) mass is 302 g/mol. The molecular formula is C12H13ClN2O5. The van der Waals surface area contributed by atoms with Crippen molar-refractivity contribution in [3.63, 3.8) is 0 Å². The van der Waals surface area contributed by atoms with Gasteiger partial charge < -0.3 is 14.9 Å². The molecule has 0 bridgehead atoms. The Morgan fingerprint density at radius 3 is 2.95 bits per heavy atom. The zero-order valence-electron chi connectivity index (χ0n) is 12.3. The molecule has 1 aromatic rings. The molecule has 2 rings (SSSR count). The fraction of sp³-hybridized carbons (Fsp3) is 0.500. The lowest BCUT2D eigenvalue weighted by molar-refractivity contribution is -0.0464. The van der Waals surface area contributed by atoms with Crippen molar-refractivity contribution in [3.05, 3.63) is 33.1 Å². The number of alkyl halides is 1. The maximum atomic E-state index is 11.9. The fourth-order valence-electron chi connectivity index (χ4n) is 1.99. The van der Waals surface area contributed by atoms with Crippen LogP contribution in [0.25, 0.3) is 0 Å². The Kier molecular flexibility index (Phi) is 3.30. The second-order valence-corrected chi connectivity index (χ2v) is 4.77. The number of nitrogens with one attached hydrogen (secondary N) is 1. The predicted molar refractivity (Wildman–Crippen MR) is 70.4 cm³/mol. The number of hydrogen-bond donors (Lipinski definition) is 3. The van der Waals surface area contributed by atoms with Crippen molar-refractivity contribution < 1.29 is 17.7 Å². The summed E-state index contributed by atoms with van der Waals surface area (Å²) in [5.74, 6) is 4.94. The van der Waals surface area contributed by atoms with Crippen LogP contribution < -0.4 is 11.2 Å². The molecule has 1 aromatic heterocycles. The molecule has 20 heavy (non-hydrogen) atoms. The molecule has 1 aliphatic rings. The van der Waals surface area contributed by atoms with E-state index in [-0.39, 0.29) is 0 Å².